The molecule has 0 aliphatic carbocycles. The molecule has 6 heteroatoms. The van der Waals surface area contributed by atoms with E-state index in [2.05, 4.69) is 17.2 Å². The Bertz CT molecular complexity index is 752. The predicted octanol–water partition coefficient (Wildman–Crippen LogP) is 3.38. The summed E-state index contributed by atoms with van der Waals surface area (Å²) in [5, 5.41) is 2.34. The Morgan fingerprint density at radius 2 is 1.78 bits per heavy atom. The first-order valence-electron chi connectivity index (χ1n) is 6.65. The Kier molecular flexibility index (Phi) is 5.64. The molecule has 0 aliphatic rings. The van der Waals surface area contributed by atoms with Crippen molar-refractivity contribution in [1.82, 2.24) is 5.32 Å². The third-order valence-electron chi connectivity index (χ3n) is 2.79. The number of nitrogens with one attached hydrogen (secondary N) is 1. The highest BCUT2D eigenvalue weighted by molar-refractivity contribution is 5.67. The number of hydrogen-bond donors (Lipinski definition) is 1. The van der Waals surface area contributed by atoms with E-state index in [1.165, 1.54) is 0 Å². The molecule has 0 spiro atoms. The molecular weight excluding hydrogens is 307 g/mol. The lowest BCUT2D eigenvalue weighted by Crippen LogP contribution is -2.24. The fourth-order valence-corrected chi connectivity index (χ4v) is 1.65. The highest BCUT2D eigenvalue weighted by Gasteiger charge is 2.11. The van der Waals surface area contributed by atoms with E-state index in [0.29, 0.717) is 0 Å². The van der Waals surface area contributed by atoms with Crippen LogP contribution in [0, 0.1) is 29.3 Å². The SMILES string of the molecule is O=C(NCC#Cc1ccc(F)c(F)c1F)OCc1ccccc1. The van der Waals surface area contributed by atoms with Crippen molar-refractivity contribution >= 4 is 6.09 Å². The van der Waals surface area contributed by atoms with Gasteiger partial charge in [-0.25, -0.2) is 18.0 Å². The Labute approximate surface area is 131 Å². The largest absolute Gasteiger partial charge is 0.445 e. The minimum Gasteiger partial charge on any atom is -0.445 e. The molecule has 118 valence electrons. The number of alkyl carbamates (subject to hydrolysis) is 1. The third kappa shape index (κ3) is 4.78. The van der Waals surface area contributed by atoms with Crippen molar-refractivity contribution in [3.8, 4) is 11.8 Å². The molecule has 0 heterocycles. The highest BCUT2D eigenvalue weighted by Crippen LogP contribution is 2.13. The Balaban J connectivity index is 1.81. The number of rotatable bonds is 3. The molecule has 2 aromatic carbocycles. The van der Waals surface area contributed by atoms with Gasteiger partial charge in [-0.1, -0.05) is 42.2 Å². The lowest BCUT2D eigenvalue weighted by Gasteiger charge is -2.04. The normalized spacial score (nSPS) is 9.70. The maximum absolute atomic E-state index is 13.3. The summed E-state index contributed by atoms with van der Waals surface area (Å²) in [6.45, 7) is -0.00996. The lowest BCUT2D eigenvalue weighted by molar-refractivity contribution is 0.141. The zero-order valence-electron chi connectivity index (χ0n) is 11.9. The summed E-state index contributed by atoms with van der Waals surface area (Å²) in [5.74, 6) is 0.520. The van der Waals surface area contributed by atoms with Crippen LogP contribution in [0.2, 0.25) is 0 Å². The predicted molar refractivity (Wildman–Crippen MR) is 77.8 cm³/mol. The quantitative estimate of drug-likeness (QED) is 0.696. The van der Waals surface area contributed by atoms with E-state index in [9.17, 15) is 18.0 Å². The van der Waals surface area contributed by atoms with Crippen molar-refractivity contribution in [2.45, 2.75) is 6.61 Å². The van der Waals surface area contributed by atoms with Crippen LogP contribution in [0.1, 0.15) is 11.1 Å². The summed E-state index contributed by atoms with van der Waals surface area (Å²) in [6.07, 6.45) is -0.686. The number of amides is 1. The second kappa shape index (κ2) is 7.90. The van der Waals surface area contributed by atoms with Gasteiger partial charge in [0.2, 0.25) is 0 Å². The van der Waals surface area contributed by atoms with Crippen molar-refractivity contribution in [3.05, 3.63) is 71.0 Å². The number of carbonyl (C=O) groups excluding carboxylic acids is 1. The number of carbonyl (C=O) groups is 1. The van der Waals surface area contributed by atoms with E-state index < -0.39 is 23.5 Å². The van der Waals surface area contributed by atoms with Gasteiger partial charge in [-0.05, 0) is 17.7 Å². The van der Waals surface area contributed by atoms with Gasteiger partial charge < -0.3 is 10.1 Å². The maximum atomic E-state index is 13.3. The van der Waals surface area contributed by atoms with Gasteiger partial charge in [0.15, 0.2) is 17.5 Å². The number of benzene rings is 2. The molecule has 0 unspecified atom stereocenters. The van der Waals surface area contributed by atoms with Gasteiger partial charge in [-0.15, -0.1) is 0 Å². The van der Waals surface area contributed by atoms with Gasteiger partial charge in [0.1, 0.15) is 6.61 Å². The maximum Gasteiger partial charge on any atom is 0.408 e. The van der Waals surface area contributed by atoms with E-state index in [4.69, 9.17) is 4.74 Å². The van der Waals surface area contributed by atoms with Gasteiger partial charge in [-0.2, -0.15) is 0 Å². The van der Waals surface area contributed by atoms with Crippen LogP contribution in [0.25, 0.3) is 0 Å². The number of hydrogen-bond acceptors (Lipinski definition) is 2. The molecule has 0 saturated heterocycles. The van der Waals surface area contributed by atoms with Crippen molar-refractivity contribution in [1.29, 1.82) is 0 Å². The molecule has 2 rings (SSSR count). The zero-order chi connectivity index (χ0) is 16.7. The standard InChI is InChI=1S/C17H12F3NO2/c18-14-9-8-13(15(19)16(14)20)7-4-10-21-17(22)23-11-12-5-2-1-3-6-12/h1-3,5-6,8-9H,10-11H2,(H,21,22). The average Bonchev–Trinajstić information content (AvgIpc) is 2.57. The second-order valence-electron chi connectivity index (χ2n) is 4.44. The first kappa shape index (κ1) is 16.4. The van der Waals surface area contributed by atoms with Crippen LogP contribution in [0.3, 0.4) is 0 Å². The van der Waals surface area contributed by atoms with Crippen molar-refractivity contribution < 1.29 is 22.7 Å². The van der Waals surface area contributed by atoms with Gasteiger partial charge >= 0.3 is 6.09 Å². The molecule has 1 amide bonds. The van der Waals surface area contributed by atoms with Gasteiger partial charge in [-0.3, -0.25) is 0 Å². The van der Waals surface area contributed by atoms with Crippen LogP contribution in [0.15, 0.2) is 42.5 Å². The van der Waals surface area contributed by atoms with Crippen LogP contribution in [0.4, 0.5) is 18.0 Å². The average molecular weight is 319 g/mol. The fraction of sp³-hybridized carbons (Fsp3) is 0.118. The lowest BCUT2D eigenvalue weighted by atomic mass is 10.2. The third-order valence-corrected chi connectivity index (χ3v) is 2.79. The van der Waals surface area contributed by atoms with E-state index in [1.807, 2.05) is 18.2 Å². The topological polar surface area (TPSA) is 38.3 Å². The number of halogens is 3. The van der Waals surface area contributed by atoms with Crippen LogP contribution in [-0.4, -0.2) is 12.6 Å². The molecule has 0 atom stereocenters. The summed E-state index contributed by atoms with van der Waals surface area (Å²) in [4.78, 5) is 11.4. The molecule has 0 aliphatic heterocycles. The molecule has 0 bridgehead atoms. The Morgan fingerprint density at radius 3 is 2.52 bits per heavy atom. The summed E-state index contributed by atoms with van der Waals surface area (Å²) >= 11 is 0. The molecule has 0 radical (unpaired) electrons. The van der Waals surface area contributed by atoms with Crippen LogP contribution < -0.4 is 5.32 Å². The fourth-order valence-electron chi connectivity index (χ4n) is 1.65. The van der Waals surface area contributed by atoms with Crippen molar-refractivity contribution in [2.75, 3.05) is 6.54 Å². The monoisotopic (exact) mass is 319 g/mol. The Morgan fingerprint density at radius 1 is 1.04 bits per heavy atom. The minimum atomic E-state index is -1.58. The summed E-state index contributed by atoms with van der Waals surface area (Å²) in [5.41, 5.74) is 0.543. The smallest absolute Gasteiger partial charge is 0.408 e. The summed E-state index contributed by atoms with van der Waals surface area (Å²) in [7, 11) is 0. The Hall–Kier alpha value is -2.94. The molecule has 3 nitrogen and oxygen atoms in total. The first-order valence-corrected chi connectivity index (χ1v) is 6.65. The van der Waals surface area contributed by atoms with E-state index >= 15 is 0 Å². The van der Waals surface area contributed by atoms with Crippen molar-refractivity contribution in [3.63, 3.8) is 0 Å². The molecular formula is C17H12F3NO2. The minimum absolute atomic E-state index is 0.109. The second-order valence-corrected chi connectivity index (χ2v) is 4.44. The van der Waals surface area contributed by atoms with Crippen molar-refractivity contribution in [2.24, 2.45) is 0 Å². The molecule has 23 heavy (non-hydrogen) atoms. The molecule has 0 aromatic heterocycles. The molecule has 2 aromatic rings. The highest BCUT2D eigenvalue weighted by atomic mass is 19.2. The van der Waals surface area contributed by atoms with Gasteiger partial charge in [0, 0.05) is 0 Å². The van der Waals surface area contributed by atoms with Crippen LogP contribution in [-0.2, 0) is 11.3 Å². The van der Waals surface area contributed by atoms with Crippen LogP contribution >= 0.6 is 0 Å². The number of ether oxygens (including phenoxy) is 1. The van der Waals surface area contributed by atoms with Gasteiger partial charge in [0.25, 0.3) is 0 Å². The van der Waals surface area contributed by atoms with Gasteiger partial charge in [0.05, 0.1) is 12.1 Å². The first-order chi connectivity index (χ1) is 11.1. The summed E-state index contributed by atoms with van der Waals surface area (Å²) in [6, 6.07) is 10.9. The van der Waals surface area contributed by atoms with Crippen LogP contribution in [0.5, 0.6) is 0 Å². The van der Waals surface area contributed by atoms with E-state index in [-0.39, 0.29) is 18.7 Å². The summed E-state index contributed by atoms with van der Waals surface area (Å²) < 4.78 is 44.0. The van der Waals surface area contributed by atoms with E-state index in [0.717, 1.165) is 17.7 Å². The molecule has 0 saturated carbocycles. The molecule has 0 fully saturated rings. The van der Waals surface area contributed by atoms with E-state index in [1.54, 1.807) is 12.1 Å². The zero-order valence-corrected chi connectivity index (χ0v) is 11.9. The molecule has 1 N–H and O–H groups in total.